The molecule has 0 atom stereocenters. The van der Waals surface area contributed by atoms with E-state index >= 15 is 0 Å². The van der Waals surface area contributed by atoms with Crippen LogP contribution in [0.4, 0.5) is 0 Å². The van der Waals surface area contributed by atoms with E-state index in [2.05, 4.69) is 10.2 Å². The first-order valence-corrected chi connectivity index (χ1v) is 5.86. The third-order valence-electron chi connectivity index (χ3n) is 3.11. The molecule has 2 rings (SSSR count). The zero-order valence-corrected chi connectivity index (χ0v) is 9.59. The second kappa shape index (κ2) is 5.25. The van der Waals surface area contributed by atoms with Crippen LogP contribution >= 0.6 is 0 Å². The van der Waals surface area contributed by atoms with Gasteiger partial charge < -0.3 is 9.84 Å². The molecule has 1 heterocycles. The SMILES string of the molecule is Cc1ccc(OC2CCC(CO)CC2)nn1. The summed E-state index contributed by atoms with van der Waals surface area (Å²) in [6.45, 7) is 2.21. The van der Waals surface area contributed by atoms with Gasteiger partial charge in [0.25, 0.3) is 0 Å². The first-order chi connectivity index (χ1) is 7.78. The zero-order chi connectivity index (χ0) is 11.4. The smallest absolute Gasteiger partial charge is 0.233 e. The Balaban J connectivity index is 1.84. The number of aliphatic hydroxyl groups is 1. The number of nitrogens with zero attached hydrogens (tertiary/aromatic N) is 2. The molecular weight excluding hydrogens is 204 g/mol. The monoisotopic (exact) mass is 222 g/mol. The molecule has 1 aliphatic rings. The van der Waals surface area contributed by atoms with Crippen molar-refractivity contribution in [1.29, 1.82) is 0 Å². The Labute approximate surface area is 95.7 Å². The van der Waals surface area contributed by atoms with Crippen LogP contribution in [0.2, 0.25) is 0 Å². The second-order valence-corrected chi connectivity index (χ2v) is 4.46. The lowest BCUT2D eigenvalue weighted by Crippen LogP contribution is -2.25. The summed E-state index contributed by atoms with van der Waals surface area (Å²) in [5.74, 6) is 1.07. The Hall–Kier alpha value is -1.16. The maximum atomic E-state index is 9.03. The van der Waals surface area contributed by atoms with Crippen LogP contribution in [-0.2, 0) is 0 Å². The molecule has 0 bridgehead atoms. The quantitative estimate of drug-likeness (QED) is 0.846. The molecule has 1 aromatic heterocycles. The topological polar surface area (TPSA) is 55.2 Å². The molecule has 0 radical (unpaired) electrons. The van der Waals surface area contributed by atoms with Crippen molar-refractivity contribution in [3.63, 3.8) is 0 Å². The molecule has 1 fully saturated rings. The van der Waals surface area contributed by atoms with Gasteiger partial charge in [0.15, 0.2) is 0 Å². The number of aromatic nitrogens is 2. The van der Waals surface area contributed by atoms with E-state index in [4.69, 9.17) is 9.84 Å². The van der Waals surface area contributed by atoms with E-state index in [1.807, 2.05) is 19.1 Å². The van der Waals surface area contributed by atoms with Gasteiger partial charge >= 0.3 is 0 Å². The molecule has 1 N–H and O–H groups in total. The largest absolute Gasteiger partial charge is 0.473 e. The first-order valence-electron chi connectivity index (χ1n) is 5.86. The lowest BCUT2D eigenvalue weighted by atomic mass is 9.88. The zero-order valence-electron chi connectivity index (χ0n) is 9.59. The van der Waals surface area contributed by atoms with Crippen LogP contribution in [0.5, 0.6) is 5.88 Å². The summed E-state index contributed by atoms with van der Waals surface area (Å²) in [4.78, 5) is 0. The summed E-state index contributed by atoms with van der Waals surface area (Å²) >= 11 is 0. The average molecular weight is 222 g/mol. The van der Waals surface area contributed by atoms with Gasteiger partial charge in [0.05, 0.1) is 5.69 Å². The second-order valence-electron chi connectivity index (χ2n) is 4.46. The van der Waals surface area contributed by atoms with E-state index in [1.54, 1.807) is 0 Å². The summed E-state index contributed by atoms with van der Waals surface area (Å²) in [7, 11) is 0. The lowest BCUT2D eigenvalue weighted by Gasteiger charge is -2.27. The molecule has 88 valence electrons. The third-order valence-corrected chi connectivity index (χ3v) is 3.11. The van der Waals surface area contributed by atoms with E-state index in [0.717, 1.165) is 31.4 Å². The average Bonchev–Trinajstić information content (AvgIpc) is 2.33. The van der Waals surface area contributed by atoms with Crippen molar-refractivity contribution < 1.29 is 9.84 Å². The van der Waals surface area contributed by atoms with Crippen molar-refractivity contribution in [2.75, 3.05) is 6.61 Å². The lowest BCUT2D eigenvalue weighted by molar-refractivity contribution is 0.0996. The third kappa shape index (κ3) is 2.92. The normalized spacial score (nSPS) is 25.4. The Morgan fingerprint density at radius 1 is 1.25 bits per heavy atom. The van der Waals surface area contributed by atoms with Crippen LogP contribution in [-0.4, -0.2) is 28.0 Å². The molecule has 4 nitrogen and oxygen atoms in total. The van der Waals surface area contributed by atoms with Crippen molar-refractivity contribution in [1.82, 2.24) is 10.2 Å². The van der Waals surface area contributed by atoms with Crippen LogP contribution in [0.1, 0.15) is 31.4 Å². The molecule has 1 aliphatic carbocycles. The molecule has 4 heteroatoms. The molecule has 0 aromatic carbocycles. The molecule has 0 unspecified atom stereocenters. The van der Waals surface area contributed by atoms with E-state index in [-0.39, 0.29) is 6.10 Å². The van der Waals surface area contributed by atoms with Crippen molar-refractivity contribution in [2.45, 2.75) is 38.7 Å². The van der Waals surface area contributed by atoms with Gasteiger partial charge in [-0.05, 0) is 44.6 Å². The molecule has 16 heavy (non-hydrogen) atoms. The number of aryl methyl sites for hydroxylation is 1. The summed E-state index contributed by atoms with van der Waals surface area (Å²) in [6.07, 6.45) is 4.32. The molecule has 0 spiro atoms. The first kappa shape index (κ1) is 11.3. The molecule has 1 saturated carbocycles. The van der Waals surface area contributed by atoms with Gasteiger partial charge in [-0.15, -0.1) is 5.10 Å². The van der Waals surface area contributed by atoms with Crippen LogP contribution in [0.25, 0.3) is 0 Å². The summed E-state index contributed by atoms with van der Waals surface area (Å²) in [5.41, 5.74) is 0.899. The minimum atomic E-state index is 0.236. The highest BCUT2D eigenvalue weighted by Crippen LogP contribution is 2.26. The Morgan fingerprint density at radius 3 is 2.56 bits per heavy atom. The number of hydrogen-bond acceptors (Lipinski definition) is 4. The summed E-state index contributed by atoms with van der Waals surface area (Å²) in [6, 6.07) is 3.77. The summed E-state index contributed by atoms with van der Waals surface area (Å²) < 4.78 is 5.75. The predicted octanol–water partition coefficient (Wildman–Crippen LogP) is 1.71. The molecule has 0 aliphatic heterocycles. The van der Waals surface area contributed by atoms with E-state index in [0.29, 0.717) is 18.4 Å². The standard InChI is InChI=1S/C12H18N2O2/c1-9-2-7-12(14-13-9)16-11-5-3-10(8-15)4-6-11/h2,7,10-11,15H,3-6,8H2,1H3. The van der Waals surface area contributed by atoms with Crippen molar-refractivity contribution in [3.05, 3.63) is 17.8 Å². The number of rotatable bonds is 3. The van der Waals surface area contributed by atoms with E-state index < -0.39 is 0 Å². The van der Waals surface area contributed by atoms with Crippen LogP contribution in [0, 0.1) is 12.8 Å². The Bertz CT molecular complexity index is 318. The molecule has 1 aromatic rings. The molecule has 0 saturated heterocycles. The molecule has 0 amide bonds. The van der Waals surface area contributed by atoms with E-state index in [9.17, 15) is 0 Å². The highest BCUT2D eigenvalue weighted by Gasteiger charge is 2.22. The van der Waals surface area contributed by atoms with Gasteiger partial charge in [-0.3, -0.25) is 0 Å². The number of hydrogen-bond donors (Lipinski definition) is 1. The fourth-order valence-electron chi connectivity index (χ4n) is 2.05. The molecular formula is C12H18N2O2. The maximum Gasteiger partial charge on any atom is 0.233 e. The van der Waals surface area contributed by atoms with Gasteiger partial charge in [0.1, 0.15) is 6.10 Å². The van der Waals surface area contributed by atoms with Crippen LogP contribution in [0.15, 0.2) is 12.1 Å². The number of ether oxygens (including phenoxy) is 1. The Morgan fingerprint density at radius 2 is 2.00 bits per heavy atom. The van der Waals surface area contributed by atoms with Gasteiger partial charge in [-0.1, -0.05) is 0 Å². The van der Waals surface area contributed by atoms with Crippen molar-refractivity contribution >= 4 is 0 Å². The Kier molecular flexibility index (Phi) is 3.72. The van der Waals surface area contributed by atoms with Gasteiger partial charge in [0.2, 0.25) is 5.88 Å². The minimum Gasteiger partial charge on any atom is -0.473 e. The van der Waals surface area contributed by atoms with Crippen LogP contribution in [0.3, 0.4) is 0 Å². The van der Waals surface area contributed by atoms with Gasteiger partial charge in [0, 0.05) is 12.7 Å². The van der Waals surface area contributed by atoms with E-state index in [1.165, 1.54) is 0 Å². The number of aliphatic hydroxyl groups excluding tert-OH is 1. The van der Waals surface area contributed by atoms with Gasteiger partial charge in [-0.25, -0.2) is 0 Å². The highest BCUT2D eigenvalue weighted by atomic mass is 16.5. The maximum absolute atomic E-state index is 9.03. The fraction of sp³-hybridized carbons (Fsp3) is 0.667. The minimum absolute atomic E-state index is 0.236. The highest BCUT2D eigenvalue weighted by molar-refractivity contribution is 5.10. The predicted molar refractivity (Wildman–Crippen MR) is 60.2 cm³/mol. The summed E-state index contributed by atoms with van der Waals surface area (Å²) in [5, 5.41) is 17.0. The van der Waals surface area contributed by atoms with Crippen molar-refractivity contribution in [3.8, 4) is 5.88 Å². The van der Waals surface area contributed by atoms with Gasteiger partial charge in [-0.2, -0.15) is 5.10 Å². The van der Waals surface area contributed by atoms with Crippen LogP contribution < -0.4 is 4.74 Å². The fourth-order valence-corrected chi connectivity index (χ4v) is 2.05. The van der Waals surface area contributed by atoms with Crippen molar-refractivity contribution in [2.24, 2.45) is 5.92 Å².